The Kier molecular flexibility index (Phi) is 5.42. The van der Waals surface area contributed by atoms with Crippen LogP contribution in [0.15, 0.2) is 12.1 Å². The van der Waals surface area contributed by atoms with E-state index < -0.39 is 5.97 Å². The summed E-state index contributed by atoms with van der Waals surface area (Å²) in [5.41, 5.74) is 0.643. The standard InChI is InChI=1S/C12H17NO4/c1-3-6-16-7-8-17-11-5-4-10(12(14)15)9(2)13-11/h4-5H,3,6-8H2,1-2H3,(H,14,15). The molecule has 0 aromatic carbocycles. The average Bonchev–Trinajstić information content (AvgIpc) is 2.28. The second-order valence-electron chi connectivity index (χ2n) is 3.55. The Bertz CT molecular complexity index is 379. The van der Waals surface area contributed by atoms with Crippen molar-refractivity contribution in [3.05, 3.63) is 23.4 Å². The number of ether oxygens (including phenoxy) is 2. The predicted octanol–water partition coefficient (Wildman–Crippen LogP) is 1.89. The Morgan fingerprint density at radius 2 is 2.12 bits per heavy atom. The maximum Gasteiger partial charge on any atom is 0.337 e. The van der Waals surface area contributed by atoms with E-state index in [1.807, 2.05) is 6.92 Å². The molecular formula is C12H17NO4. The summed E-state index contributed by atoms with van der Waals surface area (Å²) in [6.07, 6.45) is 0.977. The van der Waals surface area contributed by atoms with Gasteiger partial charge in [0.1, 0.15) is 6.61 Å². The fourth-order valence-corrected chi connectivity index (χ4v) is 1.30. The first-order valence-corrected chi connectivity index (χ1v) is 5.56. The molecule has 1 aromatic heterocycles. The van der Waals surface area contributed by atoms with Crippen LogP contribution in [-0.2, 0) is 4.74 Å². The summed E-state index contributed by atoms with van der Waals surface area (Å²) in [6.45, 7) is 5.32. The lowest BCUT2D eigenvalue weighted by atomic mass is 10.2. The largest absolute Gasteiger partial charge is 0.478 e. The number of nitrogens with zero attached hydrogens (tertiary/aromatic N) is 1. The van der Waals surface area contributed by atoms with E-state index in [1.54, 1.807) is 13.0 Å². The molecule has 1 rings (SSSR count). The molecule has 0 saturated heterocycles. The Labute approximate surface area is 100 Å². The number of aromatic nitrogens is 1. The first kappa shape index (κ1) is 13.4. The highest BCUT2D eigenvalue weighted by atomic mass is 16.5. The van der Waals surface area contributed by atoms with E-state index in [-0.39, 0.29) is 5.56 Å². The molecule has 17 heavy (non-hydrogen) atoms. The van der Waals surface area contributed by atoms with Crippen molar-refractivity contribution in [3.8, 4) is 5.88 Å². The van der Waals surface area contributed by atoms with Crippen molar-refractivity contribution in [3.63, 3.8) is 0 Å². The molecule has 1 N–H and O–H groups in total. The molecular weight excluding hydrogens is 222 g/mol. The molecule has 0 atom stereocenters. The van der Waals surface area contributed by atoms with Crippen LogP contribution >= 0.6 is 0 Å². The van der Waals surface area contributed by atoms with Crippen molar-refractivity contribution < 1.29 is 19.4 Å². The van der Waals surface area contributed by atoms with Crippen LogP contribution in [0, 0.1) is 6.92 Å². The number of aryl methyl sites for hydroxylation is 1. The van der Waals surface area contributed by atoms with E-state index in [2.05, 4.69) is 4.98 Å². The number of pyridine rings is 1. The molecule has 0 bridgehead atoms. The lowest BCUT2D eigenvalue weighted by Crippen LogP contribution is -2.09. The fraction of sp³-hybridized carbons (Fsp3) is 0.500. The number of carboxylic acid groups (broad SMARTS) is 1. The van der Waals surface area contributed by atoms with Crippen LogP contribution in [-0.4, -0.2) is 35.9 Å². The van der Waals surface area contributed by atoms with Gasteiger partial charge in [-0.05, 0) is 19.4 Å². The Morgan fingerprint density at radius 3 is 2.71 bits per heavy atom. The van der Waals surface area contributed by atoms with E-state index >= 15 is 0 Å². The van der Waals surface area contributed by atoms with Crippen LogP contribution in [0.2, 0.25) is 0 Å². The van der Waals surface area contributed by atoms with Crippen LogP contribution in [0.25, 0.3) is 0 Å². The topological polar surface area (TPSA) is 68.7 Å². The Hall–Kier alpha value is -1.62. The van der Waals surface area contributed by atoms with E-state index in [1.165, 1.54) is 6.07 Å². The van der Waals surface area contributed by atoms with Gasteiger partial charge in [0, 0.05) is 12.7 Å². The van der Waals surface area contributed by atoms with Gasteiger partial charge in [0.2, 0.25) is 5.88 Å². The highest BCUT2D eigenvalue weighted by Gasteiger charge is 2.08. The average molecular weight is 239 g/mol. The zero-order valence-electron chi connectivity index (χ0n) is 10.1. The van der Waals surface area contributed by atoms with Crippen molar-refractivity contribution in [1.29, 1.82) is 0 Å². The first-order chi connectivity index (χ1) is 8.15. The van der Waals surface area contributed by atoms with Crippen molar-refractivity contribution in [2.24, 2.45) is 0 Å². The molecule has 0 aliphatic carbocycles. The molecule has 1 heterocycles. The smallest absolute Gasteiger partial charge is 0.337 e. The molecule has 5 nitrogen and oxygen atoms in total. The van der Waals surface area contributed by atoms with Gasteiger partial charge in [-0.15, -0.1) is 0 Å². The zero-order chi connectivity index (χ0) is 12.7. The third kappa shape index (κ3) is 4.40. The molecule has 0 spiro atoms. The molecule has 0 fully saturated rings. The SMILES string of the molecule is CCCOCCOc1ccc(C(=O)O)c(C)n1. The highest BCUT2D eigenvalue weighted by Crippen LogP contribution is 2.12. The maximum atomic E-state index is 10.8. The number of hydrogen-bond acceptors (Lipinski definition) is 4. The second kappa shape index (κ2) is 6.85. The summed E-state index contributed by atoms with van der Waals surface area (Å²) in [4.78, 5) is 14.8. The van der Waals surface area contributed by atoms with E-state index in [4.69, 9.17) is 14.6 Å². The van der Waals surface area contributed by atoms with Crippen LogP contribution in [0.5, 0.6) is 5.88 Å². The normalized spacial score (nSPS) is 10.2. The van der Waals surface area contributed by atoms with E-state index in [0.717, 1.165) is 6.42 Å². The summed E-state index contributed by atoms with van der Waals surface area (Å²) in [7, 11) is 0. The number of carboxylic acids is 1. The molecule has 0 amide bonds. The zero-order valence-corrected chi connectivity index (χ0v) is 10.1. The molecule has 0 saturated carbocycles. The van der Waals surface area contributed by atoms with Gasteiger partial charge in [-0.3, -0.25) is 0 Å². The van der Waals surface area contributed by atoms with Crippen molar-refractivity contribution in [2.45, 2.75) is 20.3 Å². The van der Waals surface area contributed by atoms with Gasteiger partial charge in [0.05, 0.1) is 17.9 Å². The summed E-state index contributed by atoms with van der Waals surface area (Å²) in [5.74, 6) is -0.555. The van der Waals surface area contributed by atoms with Crippen LogP contribution in [0.3, 0.4) is 0 Å². The third-order valence-corrected chi connectivity index (χ3v) is 2.12. The van der Waals surface area contributed by atoms with Gasteiger partial charge in [-0.2, -0.15) is 0 Å². The highest BCUT2D eigenvalue weighted by molar-refractivity contribution is 5.88. The van der Waals surface area contributed by atoms with Crippen molar-refractivity contribution in [2.75, 3.05) is 19.8 Å². The quantitative estimate of drug-likeness (QED) is 0.736. The summed E-state index contributed by atoms with van der Waals surface area (Å²) in [6, 6.07) is 3.04. The number of aromatic carboxylic acids is 1. The molecule has 1 aromatic rings. The van der Waals surface area contributed by atoms with Gasteiger partial charge >= 0.3 is 5.97 Å². The van der Waals surface area contributed by atoms with Crippen molar-refractivity contribution >= 4 is 5.97 Å². The fourth-order valence-electron chi connectivity index (χ4n) is 1.30. The van der Waals surface area contributed by atoms with Gasteiger partial charge in [-0.1, -0.05) is 6.92 Å². The monoisotopic (exact) mass is 239 g/mol. The predicted molar refractivity (Wildman–Crippen MR) is 62.5 cm³/mol. The minimum Gasteiger partial charge on any atom is -0.478 e. The second-order valence-corrected chi connectivity index (χ2v) is 3.55. The Morgan fingerprint density at radius 1 is 1.35 bits per heavy atom. The molecule has 0 unspecified atom stereocenters. The number of hydrogen-bond donors (Lipinski definition) is 1. The van der Waals surface area contributed by atoms with Gasteiger partial charge < -0.3 is 14.6 Å². The van der Waals surface area contributed by atoms with Gasteiger partial charge in [-0.25, -0.2) is 9.78 Å². The van der Waals surface area contributed by atoms with Crippen LogP contribution in [0.1, 0.15) is 29.4 Å². The molecule has 94 valence electrons. The Balaban J connectivity index is 2.45. The lowest BCUT2D eigenvalue weighted by Gasteiger charge is -2.07. The minimum atomic E-state index is -0.979. The number of rotatable bonds is 7. The van der Waals surface area contributed by atoms with Crippen LogP contribution < -0.4 is 4.74 Å². The first-order valence-electron chi connectivity index (χ1n) is 5.56. The van der Waals surface area contributed by atoms with Crippen LogP contribution in [0.4, 0.5) is 0 Å². The summed E-state index contributed by atoms with van der Waals surface area (Å²) in [5, 5.41) is 8.83. The summed E-state index contributed by atoms with van der Waals surface area (Å²) < 4.78 is 10.6. The van der Waals surface area contributed by atoms with Gasteiger partial charge in [0.25, 0.3) is 0 Å². The van der Waals surface area contributed by atoms with E-state index in [9.17, 15) is 4.79 Å². The summed E-state index contributed by atoms with van der Waals surface area (Å²) >= 11 is 0. The lowest BCUT2D eigenvalue weighted by molar-refractivity contribution is 0.0695. The van der Waals surface area contributed by atoms with E-state index in [0.29, 0.717) is 31.4 Å². The molecule has 0 aliphatic rings. The minimum absolute atomic E-state index is 0.194. The molecule has 5 heteroatoms. The number of carbonyl (C=O) groups is 1. The third-order valence-electron chi connectivity index (χ3n) is 2.12. The van der Waals surface area contributed by atoms with Gasteiger partial charge in [0.15, 0.2) is 0 Å². The molecule has 0 radical (unpaired) electrons. The maximum absolute atomic E-state index is 10.8. The molecule has 0 aliphatic heterocycles. The van der Waals surface area contributed by atoms with Crippen molar-refractivity contribution in [1.82, 2.24) is 4.98 Å².